The van der Waals surface area contributed by atoms with Gasteiger partial charge < -0.3 is 4.42 Å². The molecule has 0 saturated heterocycles. The lowest BCUT2D eigenvalue weighted by Gasteiger charge is -2.10. The zero-order valence-corrected chi connectivity index (χ0v) is 30.7. The monoisotopic (exact) mass is 717 g/mol. The largest absolute Gasteiger partial charge is 0.456 e. The fourth-order valence-corrected chi connectivity index (χ4v) is 7.57. The first-order valence-electron chi connectivity index (χ1n) is 18.8. The van der Waals surface area contributed by atoms with Gasteiger partial charge in [-0.15, -0.1) is 0 Å². The van der Waals surface area contributed by atoms with E-state index in [1.54, 1.807) is 0 Å². The van der Waals surface area contributed by atoms with Crippen LogP contribution >= 0.6 is 0 Å². The molecule has 0 aliphatic heterocycles. The minimum atomic E-state index is 0.586. The van der Waals surface area contributed by atoms with Crippen molar-refractivity contribution < 1.29 is 4.42 Å². The van der Waals surface area contributed by atoms with Crippen LogP contribution in [0.1, 0.15) is 5.56 Å². The molecule has 264 valence electrons. The van der Waals surface area contributed by atoms with Gasteiger partial charge in [0.05, 0.1) is 0 Å². The highest BCUT2D eigenvalue weighted by Gasteiger charge is 2.17. The van der Waals surface area contributed by atoms with E-state index in [0.29, 0.717) is 17.5 Å². The van der Waals surface area contributed by atoms with Gasteiger partial charge in [0, 0.05) is 27.5 Å². The third kappa shape index (κ3) is 6.33. The molecular formula is C52H35N3O. The molecular weight excluding hydrogens is 683 g/mol. The van der Waals surface area contributed by atoms with E-state index in [9.17, 15) is 0 Å². The molecule has 56 heavy (non-hydrogen) atoms. The van der Waals surface area contributed by atoms with Crippen molar-refractivity contribution in [1.82, 2.24) is 15.0 Å². The first-order chi connectivity index (χ1) is 27.6. The smallest absolute Gasteiger partial charge is 0.164 e. The van der Waals surface area contributed by atoms with E-state index in [1.807, 2.05) is 42.5 Å². The van der Waals surface area contributed by atoms with Crippen LogP contribution < -0.4 is 0 Å². The Morgan fingerprint density at radius 2 is 0.786 bits per heavy atom. The third-order valence-corrected chi connectivity index (χ3v) is 10.4. The van der Waals surface area contributed by atoms with Gasteiger partial charge in [0.15, 0.2) is 17.5 Å². The quantitative estimate of drug-likeness (QED) is 0.165. The van der Waals surface area contributed by atoms with Crippen molar-refractivity contribution in [2.75, 3.05) is 0 Å². The van der Waals surface area contributed by atoms with Crippen molar-refractivity contribution in [3.63, 3.8) is 0 Å². The number of rotatable bonds is 7. The molecule has 0 N–H and O–H groups in total. The average Bonchev–Trinajstić information content (AvgIpc) is 3.65. The molecule has 10 aromatic rings. The Bertz CT molecular complexity index is 3020. The number of fused-ring (bicyclic) bond motifs is 3. The van der Waals surface area contributed by atoms with Crippen LogP contribution in [0.2, 0.25) is 0 Å². The maximum absolute atomic E-state index is 6.58. The second kappa shape index (κ2) is 14.1. The maximum atomic E-state index is 6.58. The van der Waals surface area contributed by atoms with Crippen LogP contribution in [-0.4, -0.2) is 15.0 Å². The summed E-state index contributed by atoms with van der Waals surface area (Å²) in [4.78, 5) is 15.1. The van der Waals surface area contributed by atoms with Crippen molar-refractivity contribution in [2.24, 2.45) is 0 Å². The fourth-order valence-electron chi connectivity index (χ4n) is 7.57. The molecule has 4 nitrogen and oxygen atoms in total. The molecule has 8 aromatic carbocycles. The van der Waals surface area contributed by atoms with Crippen molar-refractivity contribution >= 4 is 21.9 Å². The molecule has 0 radical (unpaired) electrons. The molecule has 0 bridgehead atoms. The second-order valence-corrected chi connectivity index (χ2v) is 14.1. The highest BCUT2D eigenvalue weighted by atomic mass is 16.3. The van der Waals surface area contributed by atoms with Gasteiger partial charge >= 0.3 is 0 Å². The first kappa shape index (κ1) is 33.2. The Hall–Kier alpha value is -7.43. The summed E-state index contributed by atoms with van der Waals surface area (Å²) in [5.74, 6) is 1.82. The van der Waals surface area contributed by atoms with Crippen LogP contribution in [0.4, 0.5) is 0 Å². The van der Waals surface area contributed by atoms with Crippen molar-refractivity contribution in [2.45, 2.75) is 6.92 Å². The van der Waals surface area contributed by atoms with Crippen LogP contribution in [-0.2, 0) is 0 Å². The summed E-state index contributed by atoms with van der Waals surface area (Å²) in [6, 6.07) is 67.6. The summed E-state index contributed by atoms with van der Waals surface area (Å²) < 4.78 is 6.58. The molecule has 0 aliphatic carbocycles. The van der Waals surface area contributed by atoms with E-state index >= 15 is 0 Å². The number of benzene rings is 8. The summed E-state index contributed by atoms with van der Waals surface area (Å²) in [6.45, 7) is 2.11. The van der Waals surface area contributed by atoms with E-state index in [2.05, 4.69) is 159 Å². The molecule has 2 aromatic heterocycles. The van der Waals surface area contributed by atoms with Crippen LogP contribution in [0.3, 0.4) is 0 Å². The van der Waals surface area contributed by atoms with E-state index in [-0.39, 0.29) is 0 Å². The number of aromatic nitrogens is 3. The Labute approximate surface area is 325 Å². The maximum Gasteiger partial charge on any atom is 0.164 e. The van der Waals surface area contributed by atoms with Crippen LogP contribution in [0, 0.1) is 6.92 Å². The molecule has 0 amide bonds. The Balaban J connectivity index is 1.04. The van der Waals surface area contributed by atoms with Gasteiger partial charge in [-0.25, -0.2) is 15.0 Å². The summed E-state index contributed by atoms with van der Waals surface area (Å²) in [6.07, 6.45) is 0. The van der Waals surface area contributed by atoms with Crippen molar-refractivity contribution in [3.05, 3.63) is 200 Å². The molecule has 0 unspecified atom stereocenters. The minimum absolute atomic E-state index is 0.586. The number of aryl methyl sites for hydroxylation is 1. The van der Waals surface area contributed by atoms with Crippen molar-refractivity contribution in [3.8, 4) is 78.7 Å². The van der Waals surface area contributed by atoms with E-state index < -0.39 is 0 Å². The number of hydrogen-bond donors (Lipinski definition) is 0. The Morgan fingerprint density at radius 1 is 0.321 bits per heavy atom. The van der Waals surface area contributed by atoms with E-state index in [0.717, 1.165) is 60.9 Å². The predicted octanol–water partition coefficient (Wildman–Crippen LogP) is 13.7. The van der Waals surface area contributed by atoms with Crippen LogP contribution in [0.15, 0.2) is 199 Å². The lowest BCUT2D eigenvalue weighted by molar-refractivity contribution is 0.669. The zero-order chi connectivity index (χ0) is 37.4. The molecule has 0 aliphatic rings. The van der Waals surface area contributed by atoms with E-state index in [4.69, 9.17) is 19.4 Å². The molecule has 10 rings (SSSR count). The van der Waals surface area contributed by atoms with Gasteiger partial charge in [0.1, 0.15) is 11.2 Å². The van der Waals surface area contributed by atoms with Gasteiger partial charge in [-0.05, 0) is 81.8 Å². The topological polar surface area (TPSA) is 51.8 Å². The van der Waals surface area contributed by atoms with E-state index in [1.165, 1.54) is 27.8 Å². The minimum Gasteiger partial charge on any atom is -0.456 e. The summed E-state index contributed by atoms with van der Waals surface area (Å²) >= 11 is 0. The van der Waals surface area contributed by atoms with Crippen LogP contribution in [0.5, 0.6) is 0 Å². The fraction of sp³-hybridized carbons (Fsp3) is 0.0192. The lowest BCUT2D eigenvalue weighted by Crippen LogP contribution is -2.00. The zero-order valence-electron chi connectivity index (χ0n) is 30.7. The number of furan rings is 1. The molecule has 0 atom stereocenters. The Kier molecular flexibility index (Phi) is 8.34. The molecule has 2 heterocycles. The van der Waals surface area contributed by atoms with Crippen LogP contribution in [0.25, 0.3) is 101 Å². The summed E-state index contributed by atoms with van der Waals surface area (Å²) in [7, 11) is 0. The van der Waals surface area contributed by atoms with Gasteiger partial charge in [-0.2, -0.15) is 0 Å². The van der Waals surface area contributed by atoms with Gasteiger partial charge in [0.2, 0.25) is 0 Å². The average molecular weight is 718 g/mol. The van der Waals surface area contributed by atoms with Gasteiger partial charge in [0.25, 0.3) is 0 Å². The standard InChI is InChI=1S/C52H35N3O/c1-34-12-8-17-39(30-34)41-19-10-21-43(32-41)51-53-50(38-15-6-3-7-16-38)54-52(55-51)44-28-29-46-48(33-44)56-47-23-11-22-45(49(46)47)42-20-9-18-40(31-42)37-26-24-36(25-27-37)35-13-4-2-5-14-35/h2-33H,1H3. The normalized spacial score (nSPS) is 11.3. The molecule has 0 saturated carbocycles. The van der Waals surface area contributed by atoms with Crippen molar-refractivity contribution in [1.29, 1.82) is 0 Å². The SMILES string of the molecule is Cc1cccc(-c2cccc(-c3nc(-c4ccccc4)nc(-c4ccc5c(c4)oc4cccc(-c6cccc(-c7ccc(-c8ccccc8)cc7)c6)c45)n3)c2)c1. The van der Waals surface area contributed by atoms with Gasteiger partial charge in [-0.1, -0.05) is 169 Å². The summed E-state index contributed by atoms with van der Waals surface area (Å²) in [5.41, 5.74) is 14.8. The Morgan fingerprint density at radius 3 is 1.48 bits per heavy atom. The lowest BCUT2D eigenvalue weighted by atomic mass is 9.95. The molecule has 0 fully saturated rings. The second-order valence-electron chi connectivity index (χ2n) is 14.1. The first-order valence-corrected chi connectivity index (χ1v) is 18.8. The number of nitrogens with zero attached hydrogens (tertiary/aromatic N) is 3. The summed E-state index contributed by atoms with van der Waals surface area (Å²) in [5, 5.41) is 2.13. The van der Waals surface area contributed by atoms with Gasteiger partial charge in [-0.3, -0.25) is 0 Å². The number of hydrogen-bond acceptors (Lipinski definition) is 4. The molecule has 4 heteroatoms. The molecule has 0 spiro atoms. The highest BCUT2D eigenvalue weighted by molar-refractivity contribution is 6.13. The third-order valence-electron chi connectivity index (χ3n) is 10.4. The predicted molar refractivity (Wildman–Crippen MR) is 230 cm³/mol. The highest BCUT2D eigenvalue weighted by Crippen LogP contribution is 2.39.